The molecule has 5 nitrogen and oxygen atoms in total. The molecule has 5 heteroatoms. The van der Waals surface area contributed by atoms with E-state index < -0.39 is 0 Å². The van der Waals surface area contributed by atoms with Gasteiger partial charge in [0.05, 0.1) is 7.11 Å². The summed E-state index contributed by atoms with van der Waals surface area (Å²) >= 11 is 0. The van der Waals surface area contributed by atoms with E-state index in [1.54, 1.807) is 7.11 Å². The van der Waals surface area contributed by atoms with Gasteiger partial charge in [-0.25, -0.2) is 4.98 Å². The minimum absolute atomic E-state index is 0.605. The Hall–Kier alpha value is -1.36. The van der Waals surface area contributed by atoms with Crippen molar-refractivity contribution in [1.29, 1.82) is 0 Å². The van der Waals surface area contributed by atoms with E-state index in [1.807, 2.05) is 27.1 Å². The topological polar surface area (TPSA) is 50.3 Å². The molecule has 0 fully saturated rings. The number of nitrogens with one attached hydrogen (secondary N) is 1. The lowest BCUT2D eigenvalue weighted by Gasteiger charge is -2.18. The third-order valence-electron chi connectivity index (χ3n) is 2.10. The fourth-order valence-electron chi connectivity index (χ4n) is 1.22. The van der Waals surface area contributed by atoms with Gasteiger partial charge in [-0.3, -0.25) is 0 Å². The van der Waals surface area contributed by atoms with Gasteiger partial charge in [0, 0.05) is 26.2 Å². The highest BCUT2D eigenvalue weighted by atomic mass is 16.5. The molecule has 0 saturated heterocycles. The first-order valence-corrected chi connectivity index (χ1v) is 4.92. The van der Waals surface area contributed by atoms with Crippen molar-refractivity contribution in [3.8, 4) is 5.88 Å². The molecule has 0 aliphatic heterocycles. The lowest BCUT2D eigenvalue weighted by Crippen LogP contribution is -2.27. The minimum Gasteiger partial charge on any atom is -0.481 e. The summed E-state index contributed by atoms with van der Waals surface area (Å²) in [6.45, 7) is 3.68. The molecule has 1 rings (SSSR count). The molecule has 0 amide bonds. The predicted octanol–water partition coefficient (Wildman–Crippen LogP) is 0.449. The van der Waals surface area contributed by atoms with Gasteiger partial charge < -0.3 is 15.0 Å². The molecule has 0 aliphatic carbocycles. The van der Waals surface area contributed by atoms with Crippen molar-refractivity contribution in [1.82, 2.24) is 15.3 Å². The van der Waals surface area contributed by atoms with Crippen LogP contribution in [0.2, 0.25) is 0 Å². The molecule has 1 aromatic heterocycles. The van der Waals surface area contributed by atoms with E-state index in [-0.39, 0.29) is 0 Å². The Kier molecular flexibility index (Phi) is 4.30. The molecule has 0 spiro atoms. The molecule has 0 bridgehead atoms. The van der Waals surface area contributed by atoms with E-state index in [0.29, 0.717) is 5.88 Å². The van der Waals surface area contributed by atoms with Crippen LogP contribution in [-0.2, 0) is 0 Å². The van der Waals surface area contributed by atoms with Gasteiger partial charge in [0.1, 0.15) is 11.6 Å². The number of nitrogens with zero attached hydrogens (tertiary/aromatic N) is 3. The van der Waals surface area contributed by atoms with Crippen LogP contribution in [0, 0.1) is 6.92 Å². The first kappa shape index (κ1) is 11.7. The molecule has 1 N–H and O–H groups in total. The maximum atomic E-state index is 5.10. The highest BCUT2D eigenvalue weighted by molar-refractivity contribution is 5.40. The van der Waals surface area contributed by atoms with Crippen LogP contribution < -0.4 is 15.0 Å². The van der Waals surface area contributed by atoms with E-state index in [1.165, 1.54) is 0 Å². The maximum absolute atomic E-state index is 5.10. The molecule has 1 aromatic rings. The lowest BCUT2D eigenvalue weighted by atomic mass is 10.4. The van der Waals surface area contributed by atoms with Gasteiger partial charge in [-0.15, -0.1) is 0 Å². The fraction of sp³-hybridized carbons (Fsp3) is 0.600. The number of anilines is 1. The summed E-state index contributed by atoms with van der Waals surface area (Å²) in [7, 11) is 5.54. The lowest BCUT2D eigenvalue weighted by molar-refractivity contribution is 0.395. The number of rotatable bonds is 5. The summed E-state index contributed by atoms with van der Waals surface area (Å²) in [4.78, 5) is 10.5. The number of methoxy groups -OCH3 is 1. The van der Waals surface area contributed by atoms with Crippen molar-refractivity contribution < 1.29 is 4.74 Å². The molecule has 0 aliphatic rings. The maximum Gasteiger partial charge on any atom is 0.218 e. The highest BCUT2D eigenvalue weighted by Crippen LogP contribution is 2.15. The molecule has 0 aromatic carbocycles. The van der Waals surface area contributed by atoms with Gasteiger partial charge >= 0.3 is 0 Å². The van der Waals surface area contributed by atoms with Crippen LogP contribution in [0.1, 0.15) is 5.82 Å². The second-order valence-corrected chi connectivity index (χ2v) is 3.34. The van der Waals surface area contributed by atoms with Gasteiger partial charge in [0.25, 0.3) is 0 Å². The van der Waals surface area contributed by atoms with Crippen molar-refractivity contribution in [3.63, 3.8) is 0 Å². The molecular weight excluding hydrogens is 192 g/mol. The standard InChI is InChI=1S/C10H18N4O/c1-8-12-9(7-10(13-8)15-4)14(3)6-5-11-2/h7,11H,5-6H2,1-4H3. The Bertz CT molecular complexity index is 316. The number of aryl methyl sites for hydroxylation is 1. The number of hydrogen-bond donors (Lipinski definition) is 1. The molecule has 0 unspecified atom stereocenters. The average Bonchev–Trinajstić information content (AvgIpc) is 2.24. The van der Waals surface area contributed by atoms with Crippen molar-refractivity contribution >= 4 is 5.82 Å². The average molecular weight is 210 g/mol. The van der Waals surface area contributed by atoms with E-state index in [0.717, 1.165) is 24.7 Å². The third-order valence-corrected chi connectivity index (χ3v) is 2.10. The van der Waals surface area contributed by atoms with Crippen molar-refractivity contribution in [2.45, 2.75) is 6.92 Å². The Balaban J connectivity index is 2.78. The van der Waals surface area contributed by atoms with Crippen LogP contribution >= 0.6 is 0 Å². The van der Waals surface area contributed by atoms with Crippen LogP contribution in [0.3, 0.4) is 0 Å². The Labute approximate surface area is 90.5 Å². The van der Waals surface area contributed by atoms with Crippen LogP contribution in [0.4, 0.5) is 5.82 Å². The fourth-order valence-corrected chi connectivity index (χ4v) is 1.22. The normalized spacial score (nSPS) is 10.1. The van der Waals surface area contributed by atoms with Crippen molar-refractivity contribution in [3.05, 3.63) is 11.9 Å². The first-order chi connectivity index (χ1) is 7.17. The largest absolute Gasteiger partial charge is 0.481 e. The number of likely N-dealkylation sites (N-methyl/N-ethyl adjacent to an activating group) is 2. The molecule has 1 heterocycles. The first-order valence-electron chi connectivity index (χ1n) is 4.92. The SMILES string of the molecule is CNCCN(C)c1cc(OC)nc(C)n1. The molecule has 0 atom stereocenters. The zero-order chi connectivity index (χ0) is 11.3. The smallest absolute Gasteiger partial charge is 0.218 e. The van der Waals surface area contributed by atoms with Gasteiger partial charge in [-0.05, 0) is 14.0 Å². The van der Waals surface area contributed by atoms with Gasteiger partial charge in [0.2, 0.25) is 5.88 Å². The van der Waals surface area contributed by atoms with Gasteiger partial charge in [0.15, 0.2) is 0 Å². The van der Waals surface area contributed by atoms with Gasteiger partial charge in [-0.2, -0.15) is 4.98 Å². The number of ether oxygens (including phenoxy) is 1. The monoisotopic (exact) mass is 210 g/mol. The summed E-state index contributed by atoms with van der Waals surface area (Å²) in [5, 5.41) is 3.10. The zero-order valence-corrected chi connectivity index (χ0v) is 9.74. The summed E-state index contributed by atoms with van der Waals surface area (Å²) < 4.78 is 5.10. The summed E-state index contributed by atoms with van der Waals surface area (Å²) in [6.07, 6.45) is 0. The van der Waals surface area contributed by atoms with Crippen LogP contribution in [-0.4, -0.2) is 44.3 Å². The molecule has 0 radical (unpaired) electrons. The molecule has 0 saturated carbocycles. The van der Waals surface area contributed by atoms with Crippen LogP contribution in [0.15, 0.2) is 6.07 Å². The summed E-state index contributed by atoms with van der Waals surface area (Å²) in [6, 6.07) is 1.84. The predicted molar refractivity (Wildman–Crippen MR) is 60.5 cm³/mol. The molecular formula is C10H18N4O. The van der Waals surface area contributed by atoms with E-state index in [4.69, 9.17) is 4.74 Å². The molecule has 84 valence electrons. The van der Waals surface area contributed by atoms with E-state index in [2.05, 4.69) is 20.2 Å². The number of aromatic nitrogens is 2. The van der Waals surface area contributed by atoms with E-state index >= 15 is 0 Å². The van der Waals surface area contributed by atoms with Crippen LogP contribution in [0.5, 0.6) is 5.88 Å². The summed E-state index contributed by atoms with van der Waals surface area (Å²) in [5.41, 5.74) is 0. The third kappa shape index (κ3) is 3.36. The van der Waals surface area contributed by atoms with Crippen LogP contribution in [0.25, 0.3) is 0 Å². The number of hydrogen-bond acceptors (Lipinski definition) is 5. The quantitative estimate of drug-likeness (QED) is 0.764. The minimum atomic E-state index is 0.605. The van der Waals surface area contributed by atoms with Crippen molar-refractivity contribution in [2.24, 2.45) is 0 Å². The summed E-state index contributed by atoms with van der Waals surface area (Å²) in [5.74, 6) is 2.21. The van der Waals surface area contributed by atoms with Gasteiger partial charge in [-0.1, -0.05) is 0 Å². The second kappa shape index (κ2) is 5.50. The Morgan fingerprint density at radius 3 is 2.80 bits per heavy atom. The second-order valence-electron chi connectivity index (χ2n) is 3.34. The van der Waals surface area contributed by atoms with E-state index in [9.17, 15) is 0 Å². The highest BCUT2D eigenvalue weighted by Gasteiger charge is 2.05. The zero-order valence-electron chi connectivity index (χ0n) is 9.74. The Morgan fingerprint density at radius 2 is 2.20 bits per heavy atom. The molecule has 15 heavy (non-hydrogen) atoms. The Morgan fingerprint density at radius 1 is 1.47 bits per heavy atom. The van der Waals surface area contributed by atoms with Crippen molar-refractivity contribution in [2.75, 3.05) is 39.2 Å².